The smallest absolute Gasteiger partial charge is 0.258 e. The Labute approximate surface area is 190 Å². The summed E-state index contributed by atoms with van der Waals surface area (Å²) < 4.78 is 30.2. The van der Waals surface area contributed by atoms with Crippen LogP contribution in [0.15, 0.2) is 58.8 Å². The number of hydrogen-bond donors (Lipinski definition) is 1. The monoisotopic (exact) mass is 454 g/mol. The third-order valence-corrected chi connectivity index (χ3v) is 5.62. The maximum Gasteiger partial charge on any atom is 0.258 e. The molecule has 32 heavy (non-hydrogen) atoms. The second-order valence-corrected chi connectivity index (χ2v) is 7.62. The molecule has 1 aliphatic rings. The van der Waals surface area contributed by atoms with Gasteiger partial charge in [0, 0.05) is 24.9 Å². The Hall–Kier alpha value is -3.30. The Balaban J connectivity index is 1.80. The molecule has 1 atom stereocenters. The van der Waals surface area contributed by atoms with Crippen LogP contribution in [0, 0.1) is 5.82 Å². The van der Waals surface area contributed by atoms with Gasteiger partial charge in [-0.1, -0.05) is 29.4 Å². The summed E-state index contributed by atoms with van der Waals surface area (Å²) in [4.78, 5) is 6.56. The molecule has 2 aromatic carbocycles. The lowest BCUT2D eigenvalue weighted by Crippen LogP contribution is -2.47. The molecule has 166 valence electrons. The molecule has 0 aliphatic carbocycles. The molecule has 0 radical (unpaired) electrons. The van der Waals surface area contributed by atoms with E-state index >= 15 is 0 Å². The average Bonchev–Trinajstić information content (AvgIpc) is 3.28. The summed E-state index contributed by atoms with van der Waals surface area (Å²) >= 11 is 5.59. The number of allylic oxidation sites excluding steroid dienone is 1. The van der Waals surface area contributed by atoms with Crippen LogP contribution in [0.5, 0.6) is 5.75 Å². The predicted molar refractivity (Wildman–Crippen MR) is 122 cm³/mol. The molecule has 1 aliphatic heterocycles. The summed E-state index contributed by atoms with van der Waals surface area (Å²) in [6, 6.07) is 13.3. The normalized spacial score (nSPS) is 16.3. The van der Waals surface area contributed by atoms with Crippen molar-refractivity contribution in [3.05, 3.63) is 71.5 Å². The minimum absolute atomic E-state index is 0.326. The fourth-order valence-corrected chi connectivity index (χ4v) is 4.00. The Bertz CT molecular complexity index is 1160. The summed E-state index contributed by atoms with van der Waals surface area (Å²) in [6.45, 7) is 2.96. The Kier molecular flexibility index (Phi) is 6.48. The van der Waals surface area contributed by atoms with Gasteiger partial charge < -0.3 is 24.2 Å². The van der Waals surface area contributed by atoms with E-state index in [9.17, 15) is 4.39 Å². The largest absolute Gasteiger partial charge is 0.497 e. The number of rotatable bonds is 7. The zero-order valence-electron chi connectivity index (χ0n) is 18.0. The van der Waals surface area contributed by atoms with Crippen molar-refractivity contribution in [3.63, 3.8) is 0 Å². The van der Waals surface area contributed by atoms with Crippen LogP contribution >= 0.6 is 12.2 Å². The minimum Gasteiger partial charge on any atom is -0.497 e. The summed E-state index contributed by atoms with van der Waals surface area (Å²) in [6.07, 6.45) is 0. The number of ether oxygens (including phenoxy) is 2. The number of methoxy groups -OCH3 is 2. The standard InChI is InChI=1S/C23H23FN4O3S/c1-14-19(22-26-21(27-31-22)16-7-5-9-18(13-16)30-3)20(15-6-4-8-17(24)12-15)25-23(32)28(14)10-11-29-2/h4-9,12-13,20H,10-11H2,1-3H3,(H,25,32). The molecule has 1 N–H and O–H groups in total. The van der Waals surface area contributed by atoms with Crippen molar-refractivity contribution in [1.29, 1.82) is 0 Å². The van der Waals surface area contributed by atoms with E-state index in [4.69, 9.17) is 26.2 Å². The van der Waals surface area contributed by atoms with Crippen LogP contribution in [0.4, 0.5) is 4.39 Å². The lowest BCUT2D eigenvalue weighted by Gasteiger charge is -2.37. The molecule has 0 bridgehead atoms. The third kappa shape index (κ3) is 4.35. The highest BCUT2D eigenvalue weighted by molar-refractivity contribution is 7.80. The fourth-order valence-electron chi connectivity index (χ4n) is 3.66. The molecule has 2 heterocycles. The molecule has 0 amide bonds. The molecule has 7 nitrogen and oxygen atoms in total. The van der Waals surface area contributed by atoms with Gasteiger partial charge in [-0.15, -0.1) is 0 Å². The van der Waals surface area contributed by atoms with Crippen LogP contribution in [-0.2, 0) is 4.74 Å². The van der Waals surface area contributed by atoms with Gasteiger partial charge in [0.25, 0.3) is 5.89 Å². The number of hydrogen-bond acceptors (Lipinski definition) is 6. The van der Waals surface area contributed by atoms with Crippen molar-refractivity contribution < 1.29 is 18.4 Å². The number of benzene rings is 2. The van der Waals surface area contributed by atoms with Crippen molar-refractivity contribution in [2.45, 2.75) is 13.0 Å². The summed E-state index contributed by atoms with van der Waals surface area (Å²) in [7, 11) is 3.23. The molecule has 1 unspecified atom stereocenters. The minimum atomic E-state index is -0.449. The van der Waals surface area contributed by atoms with Crippen molar-refractivity contribution in [2.24, 2.45) is 0 Å². The molecule has 1 aromatic heterocycles. The van der Waals surface area contributed by atoms with E-state index < -0.39 is 6.04 Å². The van der Waals surface area contributed by atoms with Gasteiger partial charge in [-0.3, -0.25) is 0 Å². The Morgan fingerprint density at radius 3 is 2.75 bits per heavy atom. The number of thiocarbonyl (C=S) groups is 1. The fraction of sp³-hybridized carbons (Fsp3) is 0.261. The van der Waals surface area contributed by atoms with Gasteiger partial charge in [0.05, 0.1) is 25.3 Å². The molecule has 0 spiro atoms. The Morgan fingerprint density at radius 2 is 2.00 bits per heavy atom. The van der Waals surface area contributed by atoms with Crippen molar-refractivity contribution >= 4 is 22.9 Å². The maximum absolute atomic E-state index is 14.0. The summed E-state index contributed by atoms with van der Waals surface area (Å²) in [5.74, 6) is 1.11. The number of aromatic nitrogens is 2. The number of nitrogens with zero attached hydrogens (tertiary/aromatic N) is 3. The first-order valence-electron chi connectivity index (χ1n) is 10.0. The summed E-state index contributed by atoms with van der Waals surface area (Å²) in [5.41, 5.74) is 3.02. The predicted octanol–water partition coefficient (Wildman–Crippen LogP) is 4.19. The van der Waals surface area contributed by atoms with Crippen molar-refractivity contribution in [1.82, 2.24) is 20.4 Å². The van der Waals surface area contributed by atoms with E-state index in [1.807, 2.05) is 42.2 Å². The van der Waals surface area contributed by atoms with Gasteiger partial charge in [-0.25, -0.2) is 4.39 Å². The van der Waals surface area contributed by atoms with Crippen LogP contribution in [0.3, 0.4) is 0 Å². The molecule has 3 aromatic rings. The second kappa shape index (κ2) is 9.46. The SMILES string of the molecule is COCCN1C(=S)NC(c2cccc(F)c2)C(c2nc(-c3cccc(OC)c3)no2)=C1C. The molecule has 9 heteroatoms. The third-order valence-electron chi connectivity index (χ3n) is 5.28. The second-order valence-electron chi connectivity index (χ2n) is 7.24. The van der Waals surface area contributed by atoms with Crippen LogP contribution in [-0.4, -0.2) is 47.5 Å². The highest BCUT2D eigenvalue weighted by atomic mass is 32.1. The lowest BCUT2D eigenvalue weighted by atomic mass is 9.94. The molecule has 0 saturated heterocycles. The van der Waals surface area contributed by atoms with E-state index in [1.54, 1.807) is 20.3 Å². The van der Waals surface area contributed by atoms with E-state index in [0.29, 0.717) is 41.3 Å². The topological polar surface area (TPSA) is 72.7 Å². The highest BCUT2D eigenvalue weighted by Gasteiger charge is 2.34. The quantitative estimate of drug-likeness (QED) is 0.533. The van der Waals surface area contributed by atoms with Crippen LogP contribution in [0.1, 0.15) is 24.4 Å². The highest BCUT2D eigenvalue weighted by Crippen LogP contribution is 2.37. The van der Waals surface area contributed by atoms with Crippen LogP contribution in [0.25, 0.3) is 17.0 Å². The van der Waals surface area contributed by atoms with Crippen molar-refractivity contribution in [2.75, 3.05) is 27.4 Å². The molecular formula is C23H23FN4O3S. The van der Waals surface area contributed by atoms with Crippen LogP contribution < -0.4 is 10.1 Å². The van der Waals surface area contributed by atoms with E-state index in [-0.39, 0.29) is 5.82 Å². The molecule has 0 saturated carbocycles. The van der Waals surface area contributed by atoms with Gasteiger partial charge in [0.2, 0.25) is 5.82 Å². The number of nitrogens with one attached hydrogen (secondary N) is 1. The average molecular weight is 455 g/mol. The molecule has 0 fully saturated rings. The number of halogens is 1. The van der Waals surface area contributed by atoms with Gasteiger partial charge in [-0.2, -0.15) is 4.98 Å². The lowest BCUT2D eigenvalue weighted by molar-refractivity contribution is 0.183. The van der Waals surface area contributed by atoms with Gasteiger partial charge in [0.15, 0.2) is 5.11 Å². The molecular weight excluding hydrogens is 431 g/mol. The van der Waals surface area contributed by atoms with E-state index in [1.165, 1.54) is 12.1 Å². The summed E-state index contributed by atoms with van der Waals surface area (Å²) in [5, 5.41) is 7.98. The first-order chi connectivity index (χ1) is 15.5. The first-order valence-corrected chi connectivity index (χ1v) is 10.4. The van der Waals surface area contributed by atoms with Gasteiger partial charge in [-0.05, 0) is 49.0 Å². The van der Waals surface area contributed by atoms with Gasteiger partial charge in [0.1, 0.15) is 11.6 Å². The van der Waals surface area contributed by atoms with Crippen molar-refractivity contribution in [3.8, 4) is 17.1 Å². The van der Waals surface area contributed by atoms with Gasteiger partial charge >= 0.3 is 0 Å². The van der Waals surface area contributed by atoms with E-state index in [2.05, 4.69) is 15.5 Å². The Morgan fingerprint density at radius 1 is 1.19 bits per heavy atom. The molecule has 4 rings (SSSR count). The van der Waals surface area contributed by atoms with E-state index in [0.717, 1.165) is 16.8 Å². The van der Waals surface area contributed by atoms with Crippen LogP contribution in [0.2, 0.25) is 0 Å². The maximum atomic E-state index is 14.0. The zero-order chi connectivity index (χ0) is 22.7. The first kappa shape index (κ1) is 21.9. The zero-order valence-corrected chi connectivity index (χ0v) is 18.8.